The van der Waals surface area contributed by atoms with Crippen molar-refractivity contribution in [1.29, 1.82) is 0 Å². The quantitative estimate of drug-likeness (QED) is 0.746. The number of hydrogen-bond acceptors (Lipinski definition) is 1. The summed E-state index contributed by atoms with van der Waals surface area (Å²) < 4.78 is 0. The van der Waals surface area contributed by atoms with Crippen LogP contribution in [0.3, 0.4) is 0 Å². The Morgan fingerprint density at radius 1 is 1.40 bits per heavy atom. The van der Waals surface area contributed by atoms with Gasteiger partial charge in [-0.1, -0.05) is 42.8 Å². The zero-order valence-corrected chi connectivity index (χ0v) is 10.1. The highest BCUT2D eigenvalue weighted by Crippen LogP contribution is 2.16. The van der Waals surface area contributed by atoms with Gasteiger partial charge in [0.05, 0.1) is 0 Å². The molecule has 0 saturated heterocycles. The van der Waals surface area contributed by atoms with Gasteiger partial charge in [-0.15, -0.1) is 0 Å². The monoisotopic (exact) mass is 223 g/mol. The summed E-state index contributed by atoms with van der Waals surface area (Å²) in [7, 11) is 0. The van der Waals surface area contributed by atoms with E-state index in [1.807, 2.05) is 12.1 Å². The SMILES string of the molecule is C=C(CC)CN[C@@H](C)c1ccc(Cl)cc1. The molecule has 1 nitrogen and oxygen atoms in total. The van der Waals surface area contributed by atoms with E-state index in [9.17, 15) is 0 Å². The Kier molecular flexibility index (Phi) is 4.86. The van der Waals surface area contributed by atoms with Gasteiger partial charge in [-0.3, -0.25) is 0 Å². The Balaban J connectivity index is 2.50. The molecule has 0 aliphatic heterocycles. The molecule has 0 heterocycles. The predicted octanol–water partition coefficient (Wildman–Crippen LogP) is 3.96. The summed E-state index contributed by atoms with van der Waals surface area (Å²) in [6, 6.07) is 8.28. The Bertz CT molecular complexity index is 316. The topological polar surface area (TPSA) is 12.0 Å². The molecule has 0 aliphatic carbocycles. The second kappa shape index (κ2) is 5.94. The van der Waals surface area contributed by atoms with Crippen molar-refractivity contribution in [3.05, 3.63) is 47.0 Å². The van der Waals surface area contributed by atoms with Crippen LogP contribution in [0.4, 0.5) is 0 Å². The molecule has 0 bridgehead atoms. The van der Waals surface area contributed by atoms with E-state index in [0.29, 0.717) is 6.04 Å². The smallest absolute Gasteiger partial charge is 0.0406 e. The molecule has 0 saturated carbocycles. The van der Waals surface area contributed by atoms with Gasteiger partial charge in [0.1, 0.15) is 0 Å². The molecule has 2 heteroatoms. The van der Waals surface area contributed by atoms with Crippen LogP contribution in [0.15, 0.2) is 36.4 Å². The van der Waals surface area contributed by atoms with Crippen LogP contribution in [0.1, 0.15) is 31.9 Å². The number of hydrogen-bond donors (Lipinski definition) is 1. The molecule has 0 radical (unpaired) electrons. The van der Waals surface area contributed by atoms with E-state index in [0.717, 1.165) is 18.0 Å². The molecule has 1 aromatic rings. The van der Waals surface area contributed by atoms with Gasteiger partial charge in [0.15, 0.2) is 0 Å². The fourth-order valence-corrected chi connectivity index (χ4v) is 1.42. The normalized spacial score (nSPS) is 12.5. The lowest BCUT2D eigenvalue weighted by atomic mass is 10.1. The van der Waals surface area contributed by atoms with Gasteiger partial charge in [0.25, 0.3) is 0 Å². The molecular weight excluding hydrogens is 206 g/mol. The maximum atomic E-state index is 5.83. The van der Waals surface area contributed by atoms with Crippen LogP contribution in [0.2, 0.25) is 5.02 Å². The molecule has 82 valence electrons. The van der Waals surface area contributed by atoms with Crippen LogP contribution in [0.25, 0.3) is 0 Å². The van der Waals surface area contributed by atoms with E-state index < -0.39 is 0 Å². The summed E-state index contributed by atoms with van der Waals surface area (Å²) in [4.78, 5) is 0. The first-order valence-corrected chi connectivity index (χ1v) is 5.66. The maximum absolute atomic E-state index is 5.83. The number of nitrogens with one attached hydrogen (secondary N) is 1. The van der Waals surface area contributed by atoms with Crippen molar-refractivity contribution in [2.24, 2.45) is 0 Å². The third kappa shape index (κ3) is 4.06. The van der Waals surface area contributed by atoms with Crippen LogP contribution in [-0.2, 0) is 0 Å². The van der Waals surface area contributed by atoms with Crippen molar-refractivity contribution in [2.75, 3.05) is 6.54 Å². The fraction of sp³-hybridized carbons (Fsp3) is 0.385. The van der Waals surface area contributed by atoms with Crippen LogP contribution < -0.4 is 5.32 Å². The predicted molar refractivity (Wildman–Crippen MR) is 67.3 cm³/mol. The van der Waals surface area contributed by atoms with Gasteiger partial charge in [0.2, 0.25) is 0 Å². The van der Waals surface area contributed by atoms with Crippen molar-refractivity contribution in [1.82, 2.24) is 5.32 Å². The highest BCUT2D eigenvalue weighted by molar-refractivity contribution is 6.30. The van der Waals surface area contributed by atoms with E-state index in [1.165, 1.54) is 11.1 Å². The first-order valence-electron chi connectivity index (χ1n) is 5.29. The van der Waals surface area contributed by atoms with Gasteiger partial charge < -0.3 is 5.32 Å². The molecule has 1 atom stereocenters. The van der Waals surface area contributed by atoms with Crippen molar-refractivity contribution >= 4 is 11.6 Å². The minimum atomic E-state index is 0.338. The third-order valence-corrected chi connectivity index (χ3v) is 2.78. The third-order valence-electron chi connectivity index (χ3n) is 2.53. The number of halogens is 1. The summed E-state index contributed by atoms with van der Waals surface area (Å²) in [5.74, 6) is 0. The van der Waals surface area contributed by atoms with Gasteiger partial charge in [-0.25, -0.2) is 0 Å². The van der Waals surface area contributed by atoms with Gasteiger partial charge in [-0.2, -0.15) is 0 Å². The molecule has 0 aliphatic rings. The summed E-state index contributed by atoms with van der Waals surface area (Å²) >= 11 is 5.83. The average molecular weight is 224 g/mol. The Morgan fingerprint density at radius 3 is 2.53 bits per heavy atom. The van der Waals surface area contributed by atoms with Crippen LogP contribution >= 0.6 is 11.6 Å². The first-order chi connectivity index (χ1) is 7.13. The second-order valence-corrected chi connectivity index (χ2v) is 4.19. The van der Waals surface area contributed by atoms with Crippen molar-refractivity contribution in [3.63, 3.8) is 0 Å². The van der Waals surface area contributed by atoms with Gasteiger partial charge in [-0.05, 0) is 31.0 Å². The maximum Gasteiger partial charge on any atom is 0.0406 e. The molecule has 1 aromatic carbocycles. The van der Waals surface area contributed by atoms with Gasteiger partial charge in [0, 0.05) is 17.6 Å². The largest absolute Gasteiger partial charge is 0.306 e. The van der Waals surface area contributed by atoms with Crippen LogP contribution in [0, 0.1) is 0 Å². The molecule has 15 heavy (non-hydrogen) atoms. The summed E-state index contributed by atoms with van der Waals surface area (Å²) in [5.41, 5.74) is 2.49. The summed E-state index contributed by atoms with van der Waals surface area (Å²) in [6.07, 6.45) is 1.03. The average Bonchev–Trinajstić information content (AvgIpc) is 2.26. The van der Waals surface area contributed by atoms with Crippen LogP contribution in [0.5, 0.6) is 0 Å². The van der Waals surface area contributed by atoms with E-state index in [4.69, 9.17) is 11.6 Å². The van der Waals surface area contributed by atoms with E-state index >= 15 is 0 Å². The molecule has 0 fully saturated rings. The van der Waals surface area contributed by atoms with Crippen LogP contribution in [-0.4, -0.2) is 6.54 Å². The fourth-order valence-electron chi connectivity index (χ4n) is 1.29. The molecule has 1 rings (SSSR count). The lowest BCUT2D eigenvalue weighted by Gasteiger charge is -2.14. The lowest BCUT2D eigenvalue weighted by Crippen LogP contribution is -2.20. The minimum Gasteiger partial charge on any atom is -0.306 e. The number of rotatable bonds is 5. The van der Waals surface area contributed by atoms with E-state index in [2.05, 4.69) is 37.9 Å². The van der Waals surface area contributed by atoms with Crippen molar-refractivity contribution in [3.8, 4) is 0 Å². The highest BCUT2D eigenvalue weighted by Gasteiger charge is 2.04. The standard InChI is InChI=1S/C13H18ClN/c1-4-10(2)9-15-11(3)12-5-7-13(14)8-6-12/h5-8,11,15H,2,4,9H2,1,3H3/t11-/m0/s1. The number of benzene rings is 1. The van der Waals surface area contributed by atoms with Crippen molar-refractivity contribution < 1.29 is 0 Å². The van der Waals surface area contributed by atoms with Crippen molar-refractivity contribution in [2.45, 2.75) is 26.3 Å². The van der Waals surface area contributed by atoms with E-state index in [1.54, 1.807) is 0 Å². The Labute approximate surface area is 97.1 Å². The summed E-state index contributed by atoms with van der Waals surface area (Å²) in [5, 5.41) is 4.21. The summed E-state index contributed by atoms with van der Waals surface area (Å²) in [6.45, 7) is 9.11. The lowest BCUT2D eigenvalue weighted by molar-refractivity contribution is 0.602. The minimum absolute atomic E-state index is 0.338. The molecule has 0 spiro atoms. The first kappa shape index (κ1) is 12.3. The molecule has 0 amide bonds. The zero-order valence-electron chi connectivity index (χ0n) is 9.39. The Hall–Kier alpha value is -0.790. The van der Waals surface area contributed by atoms with E-state index in [-0.39, 0.29) is 0 Å². The molecule has 0 unspecified atom stereocenters. The molecular formula is C13H18ClN. The molecule has 0 aromatic heterocycles. The Morgan fingerprint density at radius 2 is 2.00 bits per heavy atom. The highest BCUT2D eigenvalue weighted by atomic mass is 35.5. The van der Waals surface area contributed by atoms with Gasteiger partial charge >= 0.3 is 0 Å². The second-order valence-electron chi connectivity index (χ2n) is 3.76. The molecule has 1 N–H and O–H groups in total. The zero-order chi connectivity index (χ0) is 11.3.